The second-order valence-corrected chi connectivity index (χ2v) is 8.68. The summed E-state index contributed by atoms with van der Waals surface area (Å²) < 4.78 is 25.2. The lowest BCUT2D eigenvalue weighted by molar-refractivity contribution is -0.149. The molecule has 23 heavy (non-hydrogen) atoms. The molecule has 0 aliphatic carbocycles. The number of carbonyl (C=O) groups is 2. The van der Waals surface area contributed by atoms with Crippen LogP contribution in [0.4, 0.5) is 0 Å². The fourth-order valence-corrected chi connectivity index (χ4v) is 3.83. The summed E-state index contributed by atoms with van der Waals surface area (Å²) in [5.41, 5.74) is 0. The van der Waals surface area contributed by atoms with Gasteiger partial charge in [-0.05, 0) is 25.7 Å². The summed E-state index contributed by atoms with van der Waals surface area (Å²) in [5, 5.41) is 9.10. The van der Waals surface area contributed by atoms with E-state index < -0.39 is 16.0 Å². The van der Waals surface area contributed by atoms with Gasteiger partial charge in [0.1, 0.15) is 6.54 Å². The Hall–Kier alpha value is -1.15. The molecule has 1 heterocycles. The first kappa shape index (κ1) is 19.9. The topological polar surface area (TPSA) is 95.0 Å². The normalized spacial score (nSPS) is 18.8. The Kier molecular flexibility index (Phi) is 7.01. The van der Waals surface area contributed by atoms with Crippen LogP contribution in [0, 0.1) is 11.8 Å². The number of hydrogen-bond acceptors (Lipinski definition) is 4. The average molecular weight is 348 g/mol. The molecule has 0 radical (unpaired) electrons. The zero-order valence-electron chi connectivity index (χ0n) is 14.4. The van der Waals surface area contributed by atoms with Gasteiger partial charge < -0.3 is 10.0 Å². The molecular formula is C15H28N2O5S. The smallest absolute Gasteiger partial charge is 0.323 e. The number of amides is 1. The molecule has 0 saturated carbocycles. The van der Waals surface area contributed by atoms with Gasteiger partial charge in [0.2, 0.25) is 15.9 Å². The Labute approximate surface area is 138 Å². The number of carbonyl (C=O) groups excluding carboxylic acids is 1. The minimum absolute atomic E-state index is 0.0554. The van der Waals surface area contributed by atoms with Gasteiger partial charge in [-0.15, -0.1) is 0 Å². The van der Waals surface area contributed by atoms with Crippen LogP contribution in [-0.2, 0) is 19.6 Å². The zero-order valence-corrected chi connectivity index (χ0v) is 15.2. The molecule has 0 spiro atoms. The Morgan fingerprint density at radius 2 is 1.74 bits per heavy atom. The third-order valence-corrected chi connectivity index (χ3v) is 6.48. The molecule has 8 heteroatoms. The van der Waals surface area contributed by atoms with Crippen LogP contribution in [0.25, 0.3) is 0 Å². The summed E-state index contributed by atoms with van der Waals surface area (Å²) in [6, 6.07) is -0.219. The van der Waals surface area contributed by atoms with Gasteiger partial charge >= 0.3 is 5.97 Å². The third-order valence-electron chi connectivity index (χ3n) is 4.60. The van der Waals surface area contributed by atoms with Crippen molar-refractivity contribution in [2.24, 2.45) is 11.8 Å². The highest BCUT2D eigenvalue weighted by Crippen LogP contribution is 2.23. The number of aliphatic carboxylic acids is 1. The van der Waals surface area contributed by atoms with Gasteiger partial charge in [-0.25, -0.2) is 12.7 Å². The molecule has 0 aromatic rings. The van der Waals surface area contributed by atoms with Crippen molar-refractivity contribution in [3.63, 3.8) is 0 Å². The summed E-state index contributed by atoms with van der Waals surface area (Å²) in [6.45, 7) is 7.60. The fraction of sp³-hybridized carbons (Fsp3) is 0.867. The maximum atomic E-state index is 12.6. The molecule has 0 aromatic heterocycles. The lowest BCUT2D eigenvalue weighted by Gasteiger charge is -2.38. The maximum Gasteiger partial charge on any atom is 0.323 e. The molecule has 1 atom stereocenters. The van der Waals surface area contributed by atoms with Crippen molar-refractivity contribution in [2.75, 3.05) is 25.4 Å². The molecule has 1 aliphatic rings. The highest BCUT2D eigenvalue weighted by molar-refractivity contribution is 7.89. The van der Waals surface area contributed by atoms with E-state index in [-0.39, 0.29) is 36.1 Å². The number of carboxylic acids is 1. The van der Waals surface area contributed by atoms with Crippen LogP contribution in [0.15, 0.2) is 0 Å². The SMILES string of the molecule is CCS(=O)(=O)N1CCC(N(CC(=O)O)C(=O)C(C)C(C)C)CC1. The number of rotatable bonds is 7. The van der Waals surface area contributed by atoms with E-state index in [0.717, 1.165) is 0 Å². The first-order valence-electron chi connectivity index (χ1n) is 8.10. The highest BCUT2D eigenvalue weighted by atomic mass is 32.2. The summed E-state index contributed by atoms with van der Waals surface area (Å²) in [4.78, 5) is 25.1. The summed E-state index contributed by atoms with van der Waals surface area (Å²) in [7, 11) is -3.23. The monoisotopic (exact) mass is 348 g/mol. The van der Waals surface area contributed by atoms with Crippen molar-refractivity contribution in [3.8, 4) is 0 Å². The van der Waals surface area contributed by atoms with Gasteiger partial charge in [-0.2, -0.15) is 0 Å². The molecule has 1 saturated heterocycles. The van der Waals surface area contributed by atoms with Crippen LogP contribution in [-0.4, -0.2) is 66.0 Å². The van der Waals surface area contributed by atoms with E-state index in [1.165, 1.54) is 9.21 Å². The fourth-order valence-electron chi connectivity index (χ4n) is 2.69. The van der Waals surface area contributed by atoms with E-state index in [9.17, 15) is 18.0 Å². The van der Waals surface area contributed by atoms with Gasteiger partial charge in [0, 0.05) is 25.0 Å². The van der Waals surface area contributed by atoms with Crippen LogP contribution in [0.5, 0.6) is 0 Å². The third kappa shape index (κ3) is 5.17. The predicted molar refractivity (Wildman–Crippen MR) is 87.4 cm³/mol. The first-order chi connectivity index (χ1) is 10.6. The maximum absolute atomic E-state index is 12.6. The number of carboxylic acid groups (broad SMARTS) is 1. The van der Waals surface area contributed by atoms with Crippen LogP contribution in [0.3, 0.4) is 0 Å². The van der Waals surface area contributed by atoms with E-state index in [4.69, 9.17) is 5.11 Å². The number of hydrogen-bond donors (Lipinski definition) is 1. The molecule has 134 valence electrons. The van der Waals surface area contributed by atoms with E-state index in [2.05, 4.69) is 0 Å². The summed E-state index contributed by atoms with van der Waals surface area (Å²) in [6.07, 6.45) is 0.951. The van der Waals surface area contributed by atoms with E-state index in [1.54, 1.807) is 13.8 Å². The molecule has 1 amide bonds. The van der Waals surface area contributed by atoms with Crippen molar-refractivity contribution in [1.82, 2.24) is 9.21 Å². The molecule has 1 unspecified atom stereocenters. The van der Waals surface area contributed by atoms with Crippen LogP contribution in [0.2, 0.25) is 0 Å². The average Bonchev–Trinajstić information content (AvgIpc) is 2.51. The van der Waals surface area contributed by atoms with Crippen LogP contribution in [0.1, 0.15) is 40.5 Å². The second-order valence-electron chi connectivity index (χ2n) is 6.42. The highest BCUT2D eigenvalue weighted by Gasteiger charge is 2.34. The Morgan fingerprint density at radius 3 is 2.13 bits per heavy atom. The predicted octanol–water partition coefficient (Wildman–Crippen LogP) is 1.01. The zero-order chi connectivity index (χ0) is 17.8. The van der Waals surface area contributed by atoms with Gasteiger partial charge in [-0.3, -0.25) is 9.59 Å². The molecule has 0 bridgehead atoms. The number of nitrogens with zero attached hydrogens (tertiary/aromatic N) is 2. The second kappa shape index (κ2) is 8.10. The van der Waals surface area contributed by atoms with Crippen molar-refractivity contribution >= 4 is 21.9 Å². The standard InChI is InChI=1S/C15H28N2O5S/c1-5-23(21,22)16-8-6-13(7-9-16)17(10-14(18)19)15(20)12(4)11(2)3/h11-13H,5-10H2,1-4H3,(H,18,19). The quantitative estimate of drug-likeness (QED) is 0.741. The molecule has 0 aromatic carbocycles. The van der Waals surface area contributed by atoms with Gasteiger partial charge in [0.15, 0.2) is 0 Å². The van der Waals surface area contributed by atoms with Crippen LogP contribution < -0.4 is 0 Å². The van der Waals surface area contributed by atoms with Gasteiger partial charge in [-0.1, -0.05) is 20.8 Å². The molecule has 1 N–H and O–H groups in total. The van der Waals surface area contributed by atoms with E-state index in [0.29, 0.717) is 25.9 Å². The van der Waals surface area contributed by atoms with E-state index in [1.807, 2.05) is 13.8 Å². The lowest BCUT2D eigenvalue weighted by atomic mass is 9.94. The molecule has 1 fully saturated rings. The Bertz CT molecular complexity index is 524. The van der Waals surface area contributed by atoms with Crippen LogP contribution >= 0.6 is 0 Å². The molecule has 1 aliphatic heterocycles. The molecule has 1 rings (SSSR count). The largest absolute Gasteiger partial charge is 0.480 e. The van der Waals surface area contributed by atoms with Gasteiger partial charge in [0.05, 0.1) is 5.75 Å². The van der Waals surface area contributed by atoms with Crippen molar-refractivity contribution in [1.29, 1.82) is 0 Å². The van der Waals surface area contributed by atoms with Crippen molar-refractivity contribution < 1.29 is 23.1 Å². The number of piperidine rings is 1. The lowest BCUT2D eigenvalue weighted by Crippen LogP contribution is -2.52. The molecule has 7 nitrogen and oxygen atoms in total. The minimum atomic E-state index is -3.23. The van der Waals surface area contributed by atoms with Crippen molar-refractivity contribution in [2.45, 2.75) is 46.6 Å². The van der Waals surface area contributed by atoms with E-state index >= 15 is 0 Å². The summed E-state index contributed by atoms with van der Waals surface area (Å²) in [5.74, 6) is -1.29. The molecular weight excluding hydrogens is 320 g/mol. The van der Waals surface area contributed by atoms with Gasteiger partial charge in [0.25, 0.3) is 0 Å². The Balaban J connectivity index is 2.83. The number of sulfonamides is 1. The first-order valence-corrected chi connectivity index (χ1v) is 9.71. The Morgan fingerprint density at radius 1 is 1.22 bits per heavy atom. The summed E-state index contributed by atoms with van der Waals surface area (Å²) >= 11 is 0. The minimum Gasteiger partial charge on any atom is -0.480 e. The van der Waals surface area contributed by atoms with Crippen molar-refractivity contribution in [3.05, 3.63) is 0 Å².